The number of nitrogens with one attached hydrogen (secondary N) is 2. The lowest BCUT2D eigenvalue weighted by molar-refractivity contribution is -0.119. The minimum atomic E-state index is -0.467. The number of amides is 2. The normalized spacial score (nSPS) is 9.83. The SMILES string of the molecule is N#Cc1ccc(CSCC(=O)NNC(=O)c2ccccc2Cl)cc1. The average Bonchev–Trinajstić information content (AvgIpc) is 2.60. The number of hydrazine groups is 1. The maximum Gasteiger partial charge on any atom is 0.271 e. The topological polar surface area (TPSA) is 82.0 Å². The number of nitriles is 1. The van der Waals surface area contributed by atoms with E-state index in [1.807, 2.05) is 12.1 Å². The van der Waals surface area contributed by atoms with Crippen molar-refractivity contribution in [3.63, 3.8) is 0 Å². The number of halogens is 1. The van der Waals surface area contributed by atoms with Crippen LogP contribution in [-0.2, 0) is 10.5 Å². The van der Waals surface area contributed by atoms with E-state index in [2.05, 4.69) is 16.9 Å². The van der Waals surface area contributed by atoms with Gasteiger partial charge in [0.25, 0.3) is 5.91 Å². The largest absolute Gasteiger partial charge is 0.272 e. The molecule has 0 spiro atoms. The van der Waals surface area contributed by atoms with Gasteiger partial charge >= 0.3 is 0 Å². The molecule has 2 aromatic rings. The van der Waals surface area contributed by atoms with Crippen LogP contribution in [0.25, 0.3) is 0 Å². The van der Waals surface area contributed by atoms with E-state index in [1.54, 1.807) is 36.4 Å². The molecule has 0 atom stereocenters. The molecule has 0 saturated heterocycles. The number of hydrogen-bond donors (Lipinski definition) is 2. The standard InChI is InChI=1S/C17H14ClN3O2S/c18-15-4-2-1-3-14(15)17(23)21-20-16(22)11-24-10-13-7-5-12(9-19)6-8-13/h1-8H,10-11H2,(H,20,22)(H,21,23). The molecule has 0 aliphatic carbocycles. The fourth-order valence-electron chi connectivity index (χ4n) is 1.81. The summed E-state index contributed by atoms with van der Waals surface area (Å²) in [5, 5.41) is 9.05. The minimum absolute atomic E-state index is 0.197. The first-order valence-electron chi connectivity index (χ1n) is 7.00. The maximum atomic E-state index is 11.9. The highest BCUT2D eigenvalue weighted by Crippen LogP contribution is 2.14. The van der Waals surface area contributed by atoms with E-state index >= 15 is 0 Å². The molecule has 7 heteroatoms. The van der Waals surface area contributed by atoms with Gasteiger partial charge in [-0.15, -0.1) is 11.8 Å². The molecule has 2 aromatic carbocycles. The second-order valence-electron chi connectivity index (χ2n) is 4.78. The van der Waals surface area contributed by atoms with Crippen LogP contribution in [0.15, 0.2) is 48.5 Å². The van der Waals surface area contributed by atoms with Gasteiger partial charge in [-0.05, 0) is 29.8 Å². The molecule has 0 aromatic heterocycles. The van der Waals surface area contributed by atoms with Crippen molar-refractivity contribution in [1.29, 1.82) is 5.26 Å². The lowest BCUT2D eigenvalue weighted by Gasteiger charge is -2.08. The Kier molecular flexibility index (Phi) is 6.67. The zero-order valence-electron chi connectivity index (χ0n) is 12.6. The second-order valence-corrected chi connectivity index (χ2v) is 6.18. The Morgan fingerprint density at radius 3 is 2.46 bits per heavy atom. The van der Waals surface area contributed by atoms with Gasteiger partial charge in [0.15, 0.2) is 0 Å². The number of hydrogen-bond acceptors (Lipinski definition) is 4. The number of carbonyl (C=O) groups excluding carboxylic acids is 2. The zero-order chi connectivity index (χ0) is 17.4. The Bertz CT molecular complexity index is 772. The van der Waals surface area contributed by atoms with Crippen molar-refractivity contribution in [2.45, 2.75) is 5.75 Å². The van der Waals surface area contributed by atoms with Crippen LogP contribution in [0.3, 0.4) is 0 Å². The maximum absolute atomic E-state index is 11.9. The van der Waals surface area contributed by atoms with E-state index in [-0.39, 0.29) is 11.7 Å². The van der Waals surface area contributed by atoms with Crippen LogP contribution in [0.5, 0.6) is 0 Å². The molecule has 0 aliphatic rings. The number of thioether (sulfide) groups is 1. The first kappa shape index (κ1) is 17.9. The highest BCUT2D eigenvalue weighted by Gasteiger charge is 2.10. The fraction of sp³-hybridized carbons (Fsp3) is 0.118. The van der Waals surface area contributed by atoms with Crippen LogP contribution >= 0.6 is 23.4 Å². The van der Waals surface area contributed by atoms with Crippen molar-refractivity contribution >= 4 is 35.2 Å². The zero-order valence-corrected chi connectivity index (χ0v) is 14.2. The summed E-state index contributed by atoms with van der Waals surface area (Å²) in [5.41, 5.74) is 6.60. The molecule has 2 N–H and O–H groups in total. The summed E-state index contributed by atoms with van der Waals surface area (Å²) < 4.78 is 0. The van der Waals surface area contributed by atoms with E-state index in [0.29, 0.717) is 21.9 Å². The summed E-state index contributed by atoms with van der Waals surface area (Å²) in [5.74, 6) is 0.0560. The molecular weight excluding hydrogens is 346 g/mol. The van der Waals surface area contributed by atoms with E-state index in [4.69, 9.17) is 16.9 Å². The van der Waals surface area contributed by atoms with Gasteiger partial charge in [0.2, 0.25) is 5.91 Å². The van der Waals surface area contributed by atoms with Crippen LogP contribution < -0.4 is 10.9 Å². The van der Waals surface area contributed by atoms with Crippen LogP contribution in [-0.4, -0.2) is 17.6 Å². The van der Waals surface area contributed by atoms with Crippen LogP contribution in [0.4, 0.5) is 0 Å². The lowest BCUT2D eigenvalue weighted by atomic mass is 10.2. The summed E-state index contributed by atoms with van der Waals surface area (Å²) in [4.78, 5) is 23.6. The molecule has 0 fully saturated rings. The third-order valence-electron chi connectivity index (χ3n) is 3.02. The first-order chi connectivity index (χ1) is 11.6. The van der Waals surface area contributed by atoms with Crippen molar-refractivity contribution in [1.82, 2.24) is 10.9 Å². The number of rotatable bonds is 5. The van der Waals surface area contributed by atoms with Gasteiger partial charge in [-0.2, -0.15) is 5.26 Å². The molecule has 5 nitrogen and oxygen atoms in total. The summed E-state index contributed by atoms with van der Waals surface area (Å²) >= 11 is 7.32. The van der Waals surface area contributed by atoms with Crippen molar-refractivity contribution < 1.29 is 9.59 Å². The minimum Gasteiger partial charge on any atom is -0.272 e. The second kappa shape index (κ2) is 8.96. The van der Waals surface area contributed by atoms with Crippen molar-refractivity contribution in [2.75, 3.05) is 5.75 Å². The molecule has 2 rings (SSSR count). The summed E-state index contributed by atoms with van der Waals surface area (Å²) in [6.07, 6.45) is 0. The monoisotopic (exact) mass is 359 g/mol. The van der Waals surface area contributed by atoms with Gasteiger partial charge in [-0.3, -0.25) is 20.4 Å². The summed E-state index contributed by atoms with van der Waals surface area (Å²) in [6, 6.07) is 15.8. The van der Waals surface area contributed by atoms with E-state index in [0.717, 1.165) is 5.56 Å². The lowest BCUT2D eigenvalue weighted by Crippen LogP contribution is -2.42. The fourth-order valence-corrected chi connectivity index (χ4v) is 2.82. The Morgan fingerprint density at radius 2 is 1.79 bits per heavy atom. The van der Waals surface area contributed by atoms with Crippen LogP contribution in [0.2, 0.25) is 5.02 Å². The van der Waals surface area contributed by atoms with Crippen molar-refractivity contribution in [3.05, 3.63) is 70.2 Å². The smallest absolute Gasteiger partial charge is 0.271 e. The molecular formula is C17H14ClN3O2S. The van der Waals surface area contributed by atoms with Gasteiger partial charge in [-0.25, -0.2) is 0 Å². The number of benzene rings is 2. The quantitative estimate of drug-likeness (QED) is 0.804. The Morgan fingerprint density at radius 1 is 1.08 bits per heavy atom. The van der Waals surface area contributed by atoms with Gasteiger partial charge in [0.05, 0.1) is 28.0 Å². The van der Waals surface area contributed by atoms with Crippen LogP contribution in [0.1, 0.15) is 21.5 Å². The third-order valence-corrected chi connectivity index (χ3v) is 4.35. The number of carbonyl (C=O) groups is 2. The molecule has 0 bridgehead atoms. The summed E-state index contributed by atoms with van der Waals surface area (Å²) in [6.45, 7) is 0. The molecule has 0 radical (unpaired) electrons. The highest BCUT2D eigenvalue weighted by molar-refractivity contribution is 7.99. The molecule has 0 saturated carbocycles. The number of nitrogens with zero attached hydrogens (tertiary/aromatic N) is 1. The molecule has 0 unspecified atom stereocenters. The molecule has 0 aliphatic heterocycles. The van der Waals surface area contributed by atoms with Crippen LogP contribution in [0, 0.1) is 11.3 Å². The van der Waals surface area contributed by atoms with Gasteiger partial charge < -0.3 is 0 Å². The average molecular weight is 360 g/mol. The Hall–Kier alpha value is -2.49. The van der Waals surface area contributed by atoms with Gasteiger partial charge in [0.1, 0.15) is 0 Å². The first-order valence-corrected chi connectivity index (χ1v) is 8.54. The predicted molar refractivity (Wildman–Crippen MR) is 94.4 cm³/mol. The Balaban J connectivity index is 1.72. The van der Waals surface area contributed by atoms with E-state index < -0.39 is 5.91 Å². The van der Waals surface area contributed by atoms with E-state index in [9.17, 15) is 9.59 Å². The summed E-state index contributed by atoms with van der Waals surface area (Å²) in [7, 11) is 0. The molecule has 0 heterocycles. The highest BCUT2D eigenvalue weighted by atomic mass is 35.5. The van der Waals surface area contributed by atoms with Gasteiger partial charge in [0, 0.05) is 5.75 Å². The predicted octanol–water partition coefficient (Wildman–Crippen LogP) is 2.91. The van der Waals surface area contributed by atoms with Gasteiger partial charge in [-0.1, -0.05) is 35.9 Å². The van der Waals surface area contributed by atoms with Crippen molar-refractivity contribution in [2.24, 2.45) is 0 Å². The third kappa shape index (κ3) is 5.30. The molecule has 2 amide bonds. The van der Waals surface area contributed by atoms with Crippen molar-refractivity contribution in [3.8, 4) is 6.07 Å². The van der Waals surface area contributed by atoms with E-state index in [1.165, 1.54) is 11.8 Å². The molecule has 24 heavy (non-hydrogen) atoms. The Labute approximate surface area is 149 Å². The molecule has 122 valence electrons.